The van der Waals surface area contributed by atoms with Gasteiger partial charge in [-0.05, 0) is 43.6 Å². The molecule has 0 bridgehead atoms. The Balaban J connectivity index is 1.39. The van der Waals surface area contributed by atoms with E-state index in [4.69, 9.17) is 4.98 Å². The number of amides is 1. The first kappa shape index (κ1) is 22.3. The summed E-state index contributed by atoms with van der Waals surface area (Å²) in [6.45, 7) is 3.86. The van der Waals surface area contributed by atoms with Gasteiger partial charge in [-0.15, -0.1) is 0 Å². The molecule has 176 valence electrons. The molecule has 0 radical (unpaired) electrons. The van der Waals surface area contributed by atoms with Crippen LogP contribution >= 0.6 is 0 Å². The molecule has 1 amide bonds. The molecule has 5 rings (SSSR count). The van der Waals surface area contributed by atoms with Gasteiger partial charge in [0.2, 0.25) is 11.9 Å². The number of hydrazine groups is 1. The lowest BCUT2D eigenvalue weighted by Gasteiger charge is -2.37. The molecule has 0 spiro atoms. The average molecular weight is 449 g/mol. The molecule has 7 nitrogen and oxygen atoms in total. The van der Waals surface area contributed by atoms with E-state index in [0.29, 0.717) is 30.4 Å². The van der Waals surface area contributed by atoms with Crippen LogP contribution in [0.4, 0.5) is 5.95 Å². The van der Waals surface area contributed by atoms with Crippen LogP contribution in [0.5, 0.6) is 0 Å². The maximum atomic E-state index is 13.7. The van der Waals surface area contributed by atoms with E-state index < -0.39 is 0 Å². The van der Waals surface area contributed by atoms with Crippen LogP contribution < -0.4 is 15.8 Å². The lowest BCUT2D eigenvalue weighted by Crippen LogP contribution is -2.51. The second-order valence-corrected chi connectivity index (χ2v) is 10.3. The molecule has 2 N–H and O–H groups in total. The molecular weight excluding hydrogens is 412 g/mol. The lowest BCUT2D eigenvalue weighted by atomic mass is 9.76. The third kappa shape index (κ3) is 4.49. The number of carbonyl (C=O) groups excluding carboxylic acids is 1. The highest BCUT2D eigenvalue weighted by atomic mass is 16.2. The van der Waals surface area contributed by atoms with E-state index in [1.54, 1.807) is 0 Å². The number of anilines is 1. The van der Waals surface area contributed by atoms with Crippen LogP contribution in [0.3, 0.4) is 0 Å². The summed E-state index contributed by atoms with van der Waals surface area (Å²) in [5.74, 6) is 2.25. The van der Waals surface area contributed by atoms with Crippen molar-refractivity contribution >= 4 is 11.9 Å². The van der Waals surface area contributed by atoms with Crippen molar-refractivity contribution in [3.05, 3.63) is 42.2 Å². The Kier molecular flexibility index (Phi) is 6.34. The SMILES string of the molecule is CC1CCC2NNC(C(=O)N3CCCC(c4nc(N(C)C)ncc4-c4ccccc4)C3)C2C1. The van der Waals surface area contributed by atoms with Gasteiger partial charge in [0.15, 0.2) is 0 Å². The van der Waals surface area contributed by atoms with Crippen molar-refractivity contribution in [3.8, 4) is 11.1 Å². The van der Waals surface area contributed by atoms with Crippen molar-refractivity contribution in [1.82, 2.24) is 25.7 Å². The zero-order valence-electron chi connectivity index (χ0n) is 20.0. The molecule has 5 atom stereocenters. The molecule has 3 aliphatic rings. The first-order valence-corrected chi connectivity index (χ1v) is 12.4. The summed E-state index contributed by atoms with van der Waals surface area (Å²) < 4.78 is 0. The molecule has 3 heterocycles. The minimum atomic E-state index is -0.118. The fraction of sp³-hybridized carbons (Fsp3) is 0.577. The second kappa shape index (κ2) is 9.39. The van der Waals surface area contributed by atoms with Crippen molar-refractivity contribution in [2.75, 3.05) is 32.1 Å². The van der Waals surface area contributed by atoms with E-state index in [1.807, 2.05) is 31.3 Å². The Morgan fingerprint density at radius 1 is 1.12 bits per heavy atom. The van der Waals surface area contributed by atoms with Gasteiger partial charge in [0.1, 0.15) is 6.04 Å². The van der Waals surface area contributed by atoms with E-state index >= 15 is 0 Å². The van der Waals surface area contributed by atoms with E-state index in [1.165, 1.54) is 6.42 Å². The number of carbonyl (C=O) groups is 1. The van der Waals surface area contributed by atoms with Crippen LogP contribution in [0, 0.1) is 11.8 Å². The van der Waals surface area contributed by atoms with Gasteiger partial charge in [0.05, 0.1) is 5.69 Å². The highest BCUT2D eigenvalue weighted by Gasteiger charge is 2.44. The third-order valence-corrected chi connectivity index (χ3v) is 7.69. The molecule has 2 aromatic rings. The number of rotatable bonds is 4. The van der Waals surface area contributed by atoms with Crippen LogP contribution in [-0.2, 0) is 4.79 Å². The fourth-order valence-electron chi connectivity index (χ4n) is 5.87. The van der Waals surface area contributed by atoms with E-state index in [0.717, 1.165) is 49.0 Å². The summed E-state index contributed by atoms with van der Waals surface area (Å²) in [6.07, 6.45) is 7.50. The normalized spacial score (nSPS) is 29.5. The summed E-state index contributed by atoms with van der Waals surface area (Å²) in [5.41, 5.74) is 10.0. The van der Waals surface area contributed by atoms with Gasteiger partial charge in [-0.1, -0.05) is 37.3 Å². The monoisotopic (exact) mass is 448 g/mol. The van der Waals surface area contributed by atoms with Gasteiger partial charge in [-0.25, -0.2) is 15.4 Å². The number of hydrogen-bond acceptors (Lipinski definition) is 6. The average Bonchev–Trinajstić information content (AvgIpc) is 3.26. The molecule has 33 heavy (non-hydrogen) atoms. The zero-order chi connectivity index (χ0) is 22.9. The minimum Gasteiger partial charge on any atom is -0.347 e. The molecule has 1 saturated carbocycles. The van der Waals surface area contributed by atoms with Gasteiger partial charge in [0, 0.05) is 56.8 Å². The van der Waals surface area contributed by atoms with Crippen molar-refractivity contribution in [2.45, 2.75) is 57.0 Å². The predicted molar refractivity (Wildman–Crippen MR) is 131 cm³/mol. The highest BCUT2D eigenvalue weighted by Crippen LogP contribution is 2.37. The third-order valence-electron chi connectivity index (χ3n) is 7.69. The van der Waals surface area contributed by atoms with Crippen LogP contribution in [0.25, 0.3) is 11.1 Å². The molecular formula is C26H36N6O. The molecule has 1 aromatic heterocycles. The topological polar surface area (TPSA) is 73.4 Å². The zero-order valence-corrected chi connectivity index (χ0v) is 20.0. The van der Waals surface area contributed by atoms with Crippen molar-refractivity contribution in [2.24, 2.45) is 11.8 Å². The van der Waals surface area contributed by atoms with Crippen LogP contribution in [0.1, 0.15) is 50.6 Å². The van der Waals surface area contributed by atoms with E-state index in [-0.39, 0.29) is 17.9 Å². The molecule has 2 aliphatic heterocycles. The fourth-order valence-corrected chi connectivity index (χ4v) is 5.87. The Bertz CT molecular complexity index is 980. The standard InChI is InChI=1S/C26H36N6O/c1-17-11-12-22-20(14-17)24(30-29-22)25(33)32-13-7-10-19(16-32)23-21(18-8-5-4-6-9-18)15-27-26(28-23)31(2)3/h4-6,8-9,15,17,19-20,22,24,29-30H,7,10-14,16H2,1-3H3. The van der Waals surface area contributed by atoms with Crippen LogP contribution in [0.15, 0.2) is 36.5 Å². The maximum absolute atomic E-state index is 13.7. The Labute approximate surface area is 197 Å². The van der Waals surface area contributed by atoms with Gasteiger partial charge in [0.25, 0.3) is 0 Å². The Hall–Kier alpha value is -2.51. The van der Waals surface area contributed by atoms with E-state index in [9.17, 15) is 4.79 Å². The summed E-state index contributed by atoms with van der Waals surface area (Å²) in [4.78, 5) is 27.3. The Morgan fingerprint density at radius 3 is 2.73 bits per heavy atom. The van der Waals surface area contributed by atoms with Crippen molar-refractivity contribution in [3.63, 3.8) is 0 Å². The van der Waals surface area contributed by atoms with Gasteiger partial charge in [-0.3, -0.25) is 10.2 Å². The minimum absolute atomic E-state index is 0.118. The molecule has 7 heteroatoms. The number of benzene rings is 1. The van der Waals surface area contributed by atoms with Crippen LogP contribution in [-0.4, -0.2) is 60.0 Å². The van der Waals surface area contributed by atoms with Crippen molar-refractivity contribution in [1.29, 1.82) is 0 Å². The van der Waals surface area contributed by atoms with Gasteiger partial charge < -0.3 is 9.80 Å². The first-order chi connectivity index (χ1) is 16.0. The summed E-state index contributed by atoms with van der Waals surface area (Å²) in [6, 6.07) is 10.7. The molecule has 1 aliphatic carbocycles. The second-order valence-electron chi connectivity index (χ2n) is 10.3. The van der Waals surface area contributed by atoms with Crippen molar-refractivity contribution < 1.29 is 4.79 Å². The predicted octanol–water partition coefficient (Wildman–Crippen LogP) is 3.20. The first-order valence-electron chi connectivity index (χ1n) is 12.4. The number of likely N-dealkylation sites (tertiary alicyclic amines) is 1. The number of aromatic nitrogens is 2. The molecule has 3 fully saturated rings. The smallest absolute Gasteiger partial charge is 0.241 e. The number of nitrogens with zero attached hydrogens (tertiary/aromatic N) is 4. The molecule has 1 aromatic carbocycles. The number of fused-ring (bicyclic) bond motifs is 1. The molecule has 5 unspecified atom stereocenters. The van der Waals surface area contributed by atoms with E-state index in [2.05, 4.69) is 51.9 Å². The highest BCUT2D eigenvalue weighted by molar-refractivity contribution is 5.83. The molecule has 2 saturated heterocycles. The summed E-state index contributed by atoms with van der Waals surface area (Å²) >= 11 is 0. The summed E-state index contributed by atoms with van der Waals surface area (Å²) in [7, 11) is 3.94. The Morgan fingerprint density at radius 2 is 1.94 bits per heavy atom. The maximum Gasteiger partial charge on any atom is 0.241 e. The number of hydrogen-bond donors (Lipinski definition) is 2. The van der Waals surface area contributed by atoms with Crippen LogP contribution in [0.2, 0.25) is 0 Å². The summed E-state index contributed by atoms with van der Waals surface area (Å²) in [5, 5.41) is 0. The number of nitrogens with one attached hydrogen (secondary N) is 2. The lowest BCUT2D eigenvalue weighted by molar-refractivity contribution is -0.135. The largest absolute Gasteiger partial charge is 0.347 e. The number of piperidine rings is 1. The van der Waals surface area contributed by atoms with Gasteiger partial charge in [-0.2, -0.15) is 0 Å². The quantitative estimate of drug-likeness (QED) is 0.748. The van der Waals surface area contributed by atoms with Gasteiger partial charge >= 0.3 is 0 Å².